The van der Waals surface area contributed by atoms with Crippen molar-refractivity contribution in [1.29, 1.82) is 0 Å². The summed E-state index contributed by atoms with van der Waals surface area (Å²) in [6.45, 7) is 0.357. The molecule has 1 aromatic heterocycles. The predicted octanol–water partition coefficient (Wildman–Crippen LogP) is 0.643. The van der Waals surface area contributed by atoms with E-state index in [1.165, 1.54) is 35.5 Å². The maximum Gasteiger partial charge on any atom is 0.295 e. The Labute approximate surface area is 131 Å². The van der Waals surface area contributed by atoms with Crippen molar-refractivity contribution in [2.24, 2.45) is 11.7 Å². The van der Waals surface area contributed by atoms with Gasteiger partial charge in [0.15, 0.2) is 0 Å². The van der Waals surface area contributed by atoms with Gasteiger partial charge in [-0.15, -0.1) is 0 Å². The van der Waals surface area contributed by atoms with Crippen molar-refractivity contribution < 1.29 is 9.72 Å². The summed E-state index contributed by atoms with van der Waals surface area (Å²) in [5.41, 5.74) is 5.93. The van der Waals surface area contributed by atoms with Gasteiger partial charge in [-0.2, -0.15) is 5.10 Å². The molecule has 0 saturated heterocycles. The molecule has 1 heterocycles. The first-order chi connectivity index (χ1) is 11.1. The van der Waals surface area contributed by atoms with Gasteiger partial charge in [0.1, 0.15) is 18.3 Å². The second kappa shape index (κ2) is 6.13. The van der Waals surface area contributed by atoms with E-state index in [0.717, 1.165) is 12.8 Å². The first-order valence-corrected chi connectivity index (χ1v) is 7.24. The largest absolute Gasteiger partial charge is 0.348 e. The highest BCUT2D eigenvalue weighted by Gasteiger charge is 2.31. The molecule has 0 bridgehead atoms. The lowest BCUT2D eigenvalue weighted by Gasteiger charge is -2.16. The van der Waals surface area contributed by atoms with Crippen LogP contribution in [-0.4, -0.2) is 38.2 Å². The van der Waals surface area contributed by atoms with Crippen molar-refractivity contribution in [3.63, 3.8) is 0 Å². The SMILES string of the molecule is NCC(NC(=O)c1ccc(-n2cncn2)c([N+](=O)[O-])c1)C1CC1. The lowest BCUT2D eigenvalue weighted by molar-refractivity contribution is -0.384. The van der Waals surface area contributed by atoms with Gasteiger partial charge in [0.05, 0.1) is 4.92 Å². The number of hydrogen-bond donors (Lipinski definition) is 2. The number of hydrogen-bond acceptors (Lipinski definition) is 6. The van der Waals surface area contributed by atoms with E-state index >= 15 is 0 Å². The number of nitrogens with zero attached hydrogens (tertiary/aromatic N) is 4. The summed E-state index contributed by atoms with van der Waals surface area (Å²) in [6, 6.07) is 4.17. The molecule has 0 spiro atoms. The van der Waals surface area contributed by atoms with Gasteiger partial charge in [-0.05, 0) is 30.9 Å². The third-order valence-corrected chi connectivity index (χ3v) is 3.86. The van der Waals surface area contributed by atoms with E-state index in [4.69, 9.17) is 5.73 Å². The number of amides is 1. The Balaban J connectivity index is 1.87. The molecule has 3 N–H and O–H groups in total. The minimum atomic E-state index is -0.547. The van der Waals surface area contributed by atoms with Crippen molar-refractivity contribution in [2.45, 2.75) is 18.9 Å². The lowest BCUT2D eigenvalue weighted by atomic mass is 10.1. The standard InChI is InChI=1S/C14H16N6O3/c15-6-11(9-1-2-9)18-14(21)10-3-4-12(13(5-10)20(22)23)19-8-16-7-17-19/h3-5,7-9,11H,1-2,6,15H2,(H,18,21). The molecule has 0 aliphatic heterocycles. The van der Waals surface area contributed by atoms with Crippen molar-refractivity contribution in [3.05, 3.63) is 46.5 Å². The van der Waals surface area contributed by atoms with E-state index in [-0.39, 0.29) is 28.9 Å². The summed E-state index contributed by atoms with van der Waals surface area (Å²) in [4.78, 5) is 26.8. The number of nitro benzene ring substituents is 1. The second-order valence-electron chi connectivity index (χ2n) is 5.45. The van der Waals surface area contributed by atoms with E-state index in [0.29, 0.717) is 12.5 Å². The molecule has 1 aliphatic carbocycles. The van der Waals surface area contributed by atoms with Crippen molar-refractivity contribution in [3.8, 4) is 5.69 Å². The minimum Gasteiger partial charge on any atom is -0.348 e. The average molecular weight is 316 g/mol. The monoisotopic (exact) mass is 316 g/mol. The van der Waals surface area contributed by atoms with Gasteiger partial charge in [0.25, 0.3) is 11.6 Å². The van der Waals surface area contributed by atoms with E-state index in [1.54, 1.807) is 0 Å². The molecule has 1 aliphatic rings. The average Bonchev–Trinajstić information content (AvgIpc) is 3.25. The molecule has 120 valence electrons. The molecular formula is C14H16N6O3. The van der Waals surface area contributed by atoms with Crippen LogP contribution in [0.4, 0.5) is 5.69 Å². The van der Waals surface area contributed by atoms with Gasteiger partial charge >= 0.3 is 0 Å². The van der Waals surface area contributed by atoms with Crippen LogP contribution in [0.15, 0.2) is 30.9 Å². The zero-order chi connectivity index (χ0) is 16.4. The van der Waals surface area contributed by atoms with Crippen LogP contribution in [0, 0.1) is 16.0 Å². The Morgan fingerprint density at radius 1 is 1.52 bits per heavy atom. The fraction of sp³-hybridized carbons (Fsp3) is 0.357. The fourth-order valence-electron chi connectivity index (χ4n) is 2.46. The molecule has 1 saturated carbocycles. The first kappa shape index (κ1) is 15.1. The van der Waals surface area contributed by atoms with E-state index in [2.05, 4.69) is 15.4 Å². The number of nitro groups is 1. The Morgan fingerprint density at radius 3 is 2.87 bits per heavy atom. The molecule has 2 aromatic rings. The lowest BCUT2D eigenvalue weighted by Crippen LogP contribution is -2.41. The smallest absolute Gasteiger partial charge is 0.295 e. The topological polar surface area (TPSA) is 129 Å². The summed E-state index contributed by atoms with van der Waals surface area (Å²) < 4.78 is 1.28. The third-order valence-electron chi connectivity index (χ3n) is 3.86. The summed E-state index contributed by atoms with van der Waals surface area (Å²) >= 11 is 0. The van der Waals surface area contributed by atoms with Gasteiger partial charge in [0.2, 0.25) is 0 Å². The van der Waals surface area contributed by atoms with Gasteiger partial charge in [-0.25, -0.2) is 9.67 Å². The Hall–Kier alpha value is -2.81. The molecule has 1 fully saturated rings. The summed E-state index contributed by atoms with van der Waals surface area (Å²) in [5, 5.41) is 18.0. The summed E-state index contributed by atoms with van der Waals surface area (Å²) in [6.07, 6.45) is 4.74. The van der Waals surface area contributed by atoms with Crippen molar-refractivity contribution in [1.82, 2.24) is 20.1 Å². The Bertz CT molecular complexity index is 726. The number of rotatable bonds is 6. The zero-order valence-electron chi connectivity index (χ0n) is 12.3. The number of carbonyl (C=O) groups excluding carboxylic acids is 1. The minimum absolute atomic E-state index is 0.0865. The Kier molecular flexibility index (Phi) is 4.02. The highest BCUT2D eigenvalue weighted by molar-refractivity contribution is 5.95. The van der Waals surface area contributed by atoms with Crippen molar-refractivity contribution >= 4 is 11.6 Å². The van der Waals surface area contributed by atoms with Crippen LogP contribution in [-0.2, 0) is 0 Å². The number of carbonyl (C=O) groups is 1. The molecule has 23 heavy (non-hydrogen) atoms. The molecule has 9 nitrogen and oxygen atoms in total. The quantitative estimate of drug-likeness (QED) is 0.594. The van der Waals surface area contributed by atoms with Crippen LogP contribution < -0.4 is 11.1 Å². The highest BCUT2D eigenvalue weighted by Crippen LogP contribution is 2.32. The number of nitrogens with one attached hydrogen (secondary N) is 1. The predicted molar refractivity (Wildman–Crippen MR) is 81.0 cm³/mol. The van der Waals surface area contributed by atoms with Crippen LogP contribution in [0.1, 0.15) is 23.2 Å². The fourth-order valence-corrected chi connectivity index (χ4v) is 2.46. The molecule has 0 radical (unpaired) electrons. The first-order valence-electron chi connectivity index (χ1n) is 7.24. The third kappa shape index (κ3) is 3.19. The van der Waals surface area contributed by atoms with Crippen molar-refractivity contribution in [2.75, 3.05) is 6.54 Å². The van der Waals surface area contributed by atoms with Gasteiger partial charge in [-0.1, -0.05) is 0 Å². The molecule has 1 aromatic carbocycles. The number of benzene rings is 1. The maximum atomic E-state index is 12.3. The normalized spacial score (nSPS) is 15.2. The Morgan fingerprint density at radius 2 is 2.30 bits per heavy atom. The van der Waals surface area contributed by atoms with Gasteiger partial charge in [-0.3, -0.25) is 14.9 Å². The van der Waals surface area contributed by atoms with Crippen LogP contribution in [0.3, 0.4) is 0 Å². The van der Waals surface area contributed by atoms with Gasteiger partial charge < -0.3 is 11.1 Å². The second-order valence-corrected chi connectivity index (χ2v) is 5.45. The van der Waals surface area contributed by atoms with Crippen LogP contribution in [0.5, 0.6) is 0 Å². The molecule has 3 rings (SSSR count). The molecule has 1 amide bonds. The molecule has 1 atom stereocenters. The van der Waals surface area contributed by atoms with E-state index < -0.39 is 4.92 Å². The highest BCUT2D eigenvalue weighted by atomic mass is 16.6. The van der Waals surface area contributed by atoms with Gasteiger partial charge in [0, 0.05) is 24.2 Å². The summed E-state index contributed by atoms with van der Waals surface area (Å²) in [7, 11) is 0. The zero-order valence-corrected chi connectivity index (χ0v) is 12.3. The van der Waals surface area contributed by atoms with Crippen LogP contribution in [0.25, 0.3) is 5.69 Å². The number of nitrogens with two attached hydrogens (primary N) is 1. The van der Waals surface area contributed by atoms with Crippen LogP contribution in [0.2, 0.25) is 0 Å². The molecule has 9 heteroatoms. The molecule has 1 unspecified atom stereocenters. The maximum absolute atomic E-state index is 12.3. The number of aromatic nitrogens is 3. The van der Waals surface area contributed by atoms with E-state index in [1.807, 2.05) is 0 Å². The van der Waals surface area contributed by atoms with Crippen LogP contribution >= 0.6 is 0 Å². The molecular weight excluding hydrogens is 300 g/mol. The van der Waals surface area contributed by atoms with E-state index in [9.17, 15) is 14.9 Å². The summed E-state index contributed by atoms with van der Waals surface area (Å²) in [5.74, 6) is 0.0500.